The molecule has 1 aliphatic heterocycles. The van der Waals surface area contributed by atoms with Crippen LogP contribution in [0.3, 0.4) is 0 Å². The van der Waals surface area contributed by atoms with Gasteiger partial charge in [0.2, 0.25) is 0 Å². The summed E-state index contributed by atoms with van der Waals surface area (Å²) >= 11 is 3.44. The number of aliphatic hydroxyl groups is 1. The quantitative estimate of drug-likeness (QED) is 0.823. The lowest BCUT2D eigenvalue weighted by molar-refractivity contribution is 0.196. The Hall–Kier alpha value is -0.620. The molecular formula is C14H22BrN3O. The van der Waals surface area contributed by atoms with E-state index in [1.807, 2.05) is 12.1 Å². The Balaban J connectivity index is 1.92. The summed E-state index contributed by atoms with van der Waals surface area (Å²) in [7, 11) is 0. The first-order valence-corrected chi connectivity index (χ1v) is 7.58. The van der Waals surface area contributed by atoms with Crippen LogP contribution in [0.1, 0.15) is 12.0 Å². The van der Waals surface area contributed by atoms with Gasteiger partial charge in [0.25, 0.3) is 0 Å². The molecule has 4 nitrogen and oxygen atoms in total. The van der Waals surface area contributed by atoms with Gasteiger partial charge >= 0.3 is 0 Å². The second-order valence-electron chi connectivity index (χ2n) is 5.04. The first-order valence-electron chi connectivity index (χ1n) is 6.78. The Morgan fingerprint density at radius 3 is 2.63 bits per heavy atom. The van der Waals surface area contributed by atoms with Crippen molar-refractivity contribution in [3.05, 3.63) is 28.2 Å². The number of hydrogen-bond donors (Lipinski definition) is 2. The van der Waals surface area contributed by atoms with Crippen molar-refractivity contribution in [1.29, 1.82) is 0 Å². The van der Waals surface area contributed by atoms with E-state index in [2.05, 4.69) is 31.8 Å². The number of anilines is 1. The third-order valence-electron chi connectivity index (χ3n) is 3.60. The van der Waals surface area contributed by atoms with Gasteiger partial charge in [-0.2, -0.15) is 0 Å². The van der Waals surface area contributed by atoms with Crippen molar-refractivity contribution in [2.24, 2.45) is 0 Å². The number of β-amino-alcohol motifs (C(OH)–C–C–N with tert-alkyl or cyclic N) is 1. The van der Waals surface area contributed by atoms with E-state index in [9.17, 15) is 0 Å². The van der Waals surface area contributed by atoms with E-state index >= 15 is 0 Å². The Labute approximate surface area is 123 Å². The van der Waals surface area contributed by atoms with E-state index in [0.29, 0.717) is 0 Å². The largest absolute Gasteiger partial charge is 0.398 e. The van der Waals surface area contributed by atoms with Gasteiger partial charge in [-0.3, -0.25) is 9.80 Å². The van der Waals surface area contributed by atoms with Gasteiger partial charge in [-0.25, -0.2) is 0 Å². The standard InChI is InChI=1S/C14H22BrN3O/c15-13-3-2-12(14(16)10-13)11-18-5-1-4-17(6-7-18)8-9-19/h2-3,10,19H,1,4-9,11,16H2. The Morgan fingerprint density at radius 1 is 1.16 bits per heavy atom. The third-order valence-corrected chi connectivity index (χ3v) is 4.09. The molecule has 1 aromatic rings. The van der Waals surface area contributed by atoms with E-state index in [0.717, 1.165) is 55.8 Å². The van der Waals surface area contributed by atoms with Crippen molar-refractivity contribution >= 4 is 21.6 Å². The van der Waals surface area contributed by atoms with Crippen LogP contribution in [-0.2, 0) is 6.54 Å². The van der Waals surface area contributed by atoms with Crippen molar-refractivity contribution in [3.63, 3.8) is 0 Å². The minimum atomic E-state index is 0.250. The van der Waals surface area contributed by atoms with Crippen molar-refractivity contribution < 1.29 is 5.11 Å². The second-order valence-corrected chi connectivity index (χ2v) is 5.95. The number of nitrogen functional groups attached to an aromatic ring is 1. The monoisotopic (exact) mass is 327 g/mol. The Morgan fingerprint density at radius 2 is 1.89 bits per heavy atom. The minimum absolute atomic E-state index is 0.250. The van der Waals surface area contributed by atoms with Crippen LogP contribution in [0, 0.1) is 0 Å². The molecule has 0 saturated carbocycles. The summed E-state index contributed by atoms with van der Waals surface area (Å²) in [6, 6.07) is 6.10. The zero-order chi connectivity index (χ0) is 13.7. The molecule has 0 atom stereocenters. The summed E-state index contributed by atoms with van der Waals surface area (Å²) in [6.07, 6.45) is 1.15. The van der Waals surface area contributed by atoms with Crippen LogP contribution in [0.25, 0.3) is 0 Å². The molecule has 1 aliphatic rings. The fourth-order valence-electron chi connectivity index (χ4n) is 2.50. The highest BCUT2D eigenvalue weighted by Gasteiger charge is 2.15. The highest BCUT2D eigenvalue weighted by atomic mass is 79.9. The average molecular weight is 328 g/mol. The average Bonchev–Trinajstić information content (AvgIpc) is 2.59. The van der Waals surface area contributed by atoms with E-state index in [4.69, 9.17) is 10.8 Å². The summed E-state index contributed by atoms with van der Waals surface area (Å²) < 4.78 is 1.03. The molecule has 0 radical (unpaired) electrons. The lowest BCUT2D eigenvalue weighted by Gasteiger charge is -2.22. The highest BCUT2D eigenvalue weighted by molar-refractivity contribution is 9.10. The third kappa shape index (κ3) is 4.45. The number of halogens is 1. The molecule has 106 valence electrons. The number of nitrogens with zero attached hydrogens (tertiary/aromatic N) is 2. The topological polar surface area (TPSA) is 52.7 Å². The van der Waals surface area contributed by atoms with E-state index in [1.165, 1.54) is 5.56 Å². The molecule has 19 heavy (non-hydrogen) atoms. The Bertz CT molecular complexity index is 414. The predicted octanol–water partition coefficient (Wildman–Crippen LogP) is 1.53. The molecule has 1 saturated heterocycles. The molecule has 1 heterocycles. The maximum absolute atomic E-state index is 9.00. The first kappa shape index (κ1) is 14.8. The molecular weight excluding hydrogens is 306 g/mol. The number of nitrogens with two attached hydrogens (primary N) is 1. The summed E-state index contributed by atoms with van der Waals surface area (Å²) in [5.41, 5.74) is 8.10. The minimum Gasteiger partial charge on any atom is -0.398 e. The van der Waals surface area contributed by atoms with Crippen LogP contribution < -0.4 is 5.73 Å². The van der Waals surface area contributed by atoms with Crippen molar-refractivity contribution in [1.82, 2.24) is 9.80 Å². The molecule has 0 spiro atoms. The molecule has 0 bridgehead atoms. The molecule has 0 aliphatic carbocycles. The molecule has 2 rings (SSSR count). The van der Waals surface area contributed by atoms with Gasteiger partial charge in [0.1, 0.15) is 0 Å². The summed E-state index contributed by atoms with van der Waals surface area (Å²) in [6.45, 7) is 6.18. The van der Waals surface area contributed by atoms with Crippen LogP contribution in [0.2, 0.25) is 0 Å². The molecule has 0 aromatic heterocycles. The van der Waals surface area contributed by atoms with Gasteiger partial charge in [-0.05, 0) is 37.2 Å². The van der Waals surface area contributed by atoms with Crippen LogP contribution in [0.4, 0.5) is 5.69 Å². The van der Waals surface area contributed by atoms with Gasteiger partial charge in [0, 0.05) is 36.3 Å². The summed E-state index contributed by atoms with van der Waals surface area (Å²) in [5.74, 6) is 0. The fraction of sp³-hybridized carbons (Fsp3) is 0.571. The lowest BCUT2D eigenvalue weighted by Crippen LogP contribution is -2.32. The molecule has 5 heteroatoms. The molecule has 0 unspecified atom stereocenters. The van der Waals surface area contributed by atoms with Gasteiger partial charge in [0.15, 0.2) is 0 Å². The number of rotatable bonds is 4. The molecule has 0 amide bonds. The lowest BCUT2D eigenvalue weighted by atomic mass is 10.1. The van der Waals surface area contributed by atoms with Gasteiger partial charge in [0.05, 0.1) is 6.61 Å². The molecule has 1 aromatic carbocycles. The second kappa shape index (κ2) is 7.24. The maximum atomic E-state index is 9.00. The van der Waals surface area contributed by atoms with E-state index < -0.39 is 0 Å². The van der Waals surface area contributed by atoms with Crippen LogP contribution in [-0.4, -0.2) is 54.2 Å². The summed E-state index contributed by atoms with van der Waals surface area (Å²) in [5, 5.41) is 9.00. The Kier molecular flexibility index (Phi) is 5.63. The first-order chi connectivity index (χ1) is 9.19. The zero-order valence-corrected chi connectivity index (χ0v) is 12.8. The number of hydrogen-bond acceptors (Lipinski definition) is 4. The van der Waals surface area contributed by atoms with Crippen molar-refractivity contribution in [2.45, 2.75) is 13.0 Å². The van der Waals surface area contributed by atoms with Crippen molar-refractivity contribution in [2.75, 3.05) is 45.1 Å². The predicted molar refractivity (Wildman–Crippen MR) is 82.0 cm³/mol. The maximum Gasteiger partial charge on any atom is 0.0558 e. The normalized spacial score (nSPS) is 18.4. The van der Waals surface area contributed by atoms with E-state index in [1.54, 1.807) is 0 Å². The zero-order valence-electron chi connectivity index (χ0n) is 11.2. The SMILES string of the molecule is Nc1cc(Br)ccc1CN1CCCN(CCO)CC1. The smallest absolute Gasteiger partial charge is 0.0558 e. The summed E-state index contributed by atoms with van der Waals surface area (Å²) in [4.78, 5) is 4.77. The molecule has 1 fully saturated rings. The van der Waals surface area contributed by atoms with E-state index in [-0.39, 0.29) is 6.61 Å². The van der Waals surface area contributed by atoms with Gasteiger partial charge in [-0.1, -0.05) is 22.0 Å². The fourth-order valence-corrected chi connectivity index (χ4v) is 2.88. The van der Waals surface area contributed by atoms with Crippen molar-refractivity contribution in [3.8, 4) is 0 Å². The van der Waals surface area contributed by atoms with Crippen LogP contribution >= 0.6 is 15.9 Å². The van der Waals surface area contributed by atoms with Crippen LogP contribution in [0.5, 0.6) is 0 Å². The number of aliphatic hydroxyl groups excluding tert-OH is 1. The molecule has 3 N–H and O–H groups in total. The van der Waals surface area contributed by atoms with Gasteiger partial charge in [-0.15, -0.1) is 0 Å². The van der Waals surface area contributed by atoms with Gasteiger partial charge < -0.3 is 10.8 Å². The highest BCUT2D eigenvalue weighted by Crippen LogP contribution is 2.20. The van der Waals surface area contributed by atoms with Crippen LogP contribution in [0.15, 0.2) is 22.7 Å². The number of benzene rings is 1.